The van der Waals surface area contributed by atoms with Gasteiger partial charge in [-0.2, -0.15) is 0 Å². The molecule has 0 N–H and O–H groups in total. The van der Waals surface area contributed by atoms with E-state index in [-0.39, 0.29) is 0 Å². The van der Waals surface area contributed by atoms with Crippen LogP contribution >= 0.6 is 0 Å². The predicted octanol–water partition coefficient (Wildman–Crippen LogP) is 7.33. The van der Waals surface area contributed by atoms with Crippen LogP contribution in [0.5, 0.6) is 0 Å². The maximum Gasteiger partial charge on any atom is 0.145 e. The van der Waals surface area contributed by atoms with Gasteiger partial charge < -0.3 is 0 Å². The first-order chi connectivity index (χ1) is 16.4. The lowest BCUT2D eigenvalue weighted by atomic mass is 9.97. The second-order valence-corrected chi connectivity index (χ2v) is 8.62. The first-order valence-corrected chi connectivity index (χ1v) is 11.4. The summed E-state index contributed by atoms with van der Waals surface area (Å²) in [6, 6.07) is 30.1. The highest BCUT2D eigenvalue weighted by Gasteiger charge is 2.19. The number of nitrogens with zero attached hydrogens (tertiary/aromatic N) is 3. The summed E-state index contributed by atoms with van der Waals surface area (Å²) in [5.74, 6) is 0. The highest BCUT2D eigenvalue weighted by Crippen LogP contribution is 2.37. The molecule has 3 heterocycles. The number of hydrogen-bond donors (Lipinski definition) is 0. The van der Waals surface area contributed by atoms with E-state index >= 15 is 0 Å². The van der Waals surface area contributed by atoms with Gasteiger partial charge in [0.2, 0.25) is 0 Å². The van der Waals surface area contributed by atoms with E-state index in [0.717, 1.165) is 29.7 Å². The number of aromatic nitrogens is 3. The molecule has 3 heteroatoms. The molecule has 1 aliphatic rings. The minimum absolute atomic E-state index is 0.986. The second-order valence-electron chi connectivity index (χ2n) is 8.62. The monoisotopic (exact) mass is 423 g/mol. The van der Waals surface area contributed by atoms with Crippen LogP contribution in [0.4, 0.5) is 0 Å². The highest BCUT2D eigenvalue weighted by atomic mass is 15.0. The average molecular weight is 424 g/mol. The predicted molar refractivity (Wildman–Crippen MR) is 136 cm³/mol. The van der Waals surface area contributed by atoms with Gasteiger partial charge in [-0.15, -0.1) is 0 Å². The van der Waals surface area contributed by atoms with E-state index in [0.29, 0.717) is 0 Å². The molecule has 0 saturated carbocycles. The average Bonchev–Trinajstić information content (AvgIpc) is 3.29. The fourth-order valence-electron chi connectivity index (χ4n) is 5.08. The van der Waals surface area contributed by atoms with Gasteiger partial charge in [-0.05, 0) is 71.8 Å². The maximum absolute atomic E-state index is 5.11. The Kier molecular flexibility index (Phi) is 3.97. The summed E-state index contributed by atoms with van der Waals surface area (Å²) < 4.78 is 2.34. The zero-order valence-electron chi connectivity index (χ0n) is 18.1. The molecule has 0 atom stereocenters. The lowest BCUT2D eigenvalue weighted by molar-refractivity contribution is 0.943. The van der Waals surface area contributed by atoms with Crippen molar-refractivity contribution in [3.8, 4) is 22.4 Å². The molecule has 156 valence electrons. The smallest absolute Gasteiger partial charge is 0.145 e. The summed E-state index contributed by atoms with van der Waals surface area (Å²) in [6.45, 7) is 0. The van der Waals surface area contributed by atoms with E-state index in [1.807, 2.05) is 18.3 Å². The van der Waals surface area contributed by atoms with Crippen molar-refractivity contribution in [3.05, 3.63) is 109 Å². The number of fused-ring (bicyclic) bond motifs is 8. The van der Waals surface area contributed by atoms with Gasteiger partial charge in [0.1, 0.15) is 5.65 Å². The highest BCUT2D eigenvalue weighted by molar-refractivity contribution is 6.14. The summed E-state index contributed by atoms with van der Waals surface area (Å²) in [6.07, 6.45) is 8.38. The molecule has 0 amide bonds. The lowest BCUT2D eigenvalue weighted by Gasteiger charge is -2.13. The summed E-state index contributed by atoms with van der Waals surface area (Å²) in [4.78, 5) is 9.71. The van der Waals surface area contributed by atoms with E-state index in [4.69, 9.17) is 4.98 Å². The fraction of sp³-hybridized carbons (Fsp3) is 0.0667. The van der Waals surface area contributed by atoms with Crippen LogP contribution in [-0.2, 0) is 6.42 Å². The van der Waals surface area contributed by atoms with Gasteiger partial charge in [-0.1, -0.05) is 54.6 Å². The molecule has 0 radical (unpaired) electrons. The molecule has 0 unspecified atom stereocenters. The third-order valence-electron chi connectivity index (χ3n) is 6.67. The summed E-state index contributed by atoms with van der Waals surface area (Å²) >= 11 is 0. The van der Waals surface area contributed by atoms with Gasteiger partial charge in [-0.3, -0.25) is 9.38 Å². The Morgan fingerprint density at radius 2 is 1.55 bits per heavy atom. The zero-order valence-corrected chi connectivity index (χ0v) is 18.1. The lowest BCUT2D eigenvalue weighted by Crippen LogP contribution is -1.97. The van der Waals surface area contributed by atoms with Crippen LogP contribution in [0, 0.1) is 0 Å². The van der Waals surface area contributed by atoms with Gasteiger partial charge in [0.05, 0.1) is 22.6 Å². The molecular formula is C30H21N3. The number of imidazole rings is 1. The third-order valence-corrected chi connectivity index (χ3v) is 6.67. The number of benzene rings is 3. The second kappa shape index (κ2) is 7.14. The number of pyridine rings is 2. The quantitative estimate of drug-likeness (QED) is 0.273. The van der Waals surface area contributed by atoms with Gasteiger partial charge >= 0.3 is 0 Å². The van der Waals surface area contributed by atoms with Crippen molar-refractivity contribution in [3.63, 3.8) is 0 Å². The SMILES string of the molecule is C1=Cc2c(nc3c4ccc(-c5ccccc5)cc4c4cc(-c5ccccn5)ccc4n23)CC1. The first-order valence-electron chi connectivity index (χ1n) is 11.4. The number of hydrogen-bond acceptors (Lipinski definition) is 2. The molecule has 0 bridgehead atoms. The van der Waals surface area contributed by atoms with E-state index in [9.17, 15) is 0 Å². The van der Waals surface area contributed by atoms with Crippen molar-refractivity contribution < 1.29 is 0 Å². The summed E-state index contributed by atoms with van der Waals surface area (Å²) in [5.41, 5.74) is 9.17. The first kappa shape index (κ1) is 18.3. The van der Waals surface area contributed by atoms with Crippen LogP contribution in [0.1, 0.15) is 17.8 Å². The molecule has 33 heavy (non-hydrogen) atoms. The molecule has 0 aliphatic heterocycles. The van der Waals surface area contributed by atoms with Crippen molar-refractivity contribution in [2.75, 3.05) is 0 Å². The Balaban J connectivity index is 1.62. The fourth-order valence-corrected chi connectivity index (χ4v) is 5.08. The van der Waals surface area contributed by atoms with Crippen LogP contribution in [-0.4, -0.2) is 14.4 Å². The Hall–Kier alpha value is -4.24. The van der Waals surface area contributed by atoms with Crippen LogP contribution < -0.4 is 0 Å². The molecule has 3 aromatic carbocycles. The van der Waals surface area contributed by atoms with Gasteiger partial charge in [0.15, 0.2) is 0 Å². The van der Waals surface area contributed by atoms with E-state index in [1.165, 1.54) is 44.2 Å². The van der Waals surface area contributed by atoms with Crippen LogP contribution in [0.3, 0.4) is 0 Å². The molecular weight excluding hydrogens is 402 g/mol. The molecule has 6 aromatic rings. The molecule has 0 saturated heterocycles. The van der Waals surface area contributed by atoms with E-state index < -0.39 is 0 Å². The van der Waals surface area contributed by atoms with Crippen molar-refractivity contribution in [1.82, 2.24) is 14.4 Å². The maximum atomic E-state index is 5.11. The minimum atomic E-state index is 0.986. The van der Waals surface area contributed by atoms with Crippen molar-refractivity contribution >= 4 is 33.4 Å². The van der Waals surface area contributed by atoms with Crippen molar-refractivity contribution in [1.29, 1.82) is 0 Å². The molecule has 0 fully saturated rings. The van der Waals surface area contributed by atoms with Gasteiger partial charge in [0, 0.05) is 22.5 Å². The Labute approximate surface area is 191 Å². The van der Waals surface area contributed by atoms with Crippen LogP contribution in [0.25, 0.3) is 55.8 Å². The van der Waals surface area contributed by atoms with Crippen LogP contribution in [0.2, 0.25) is 0 Å². The topological polar surface area (TPSA) is 30.2 Å². The number of aryl methyl sites for hydroxylation is 1. The Morgan fingerprint density at radius 3 is 2.42 bits per heavy atom. The molecule has 3 nitrogen and oxygen atoms in total. The van der Waals surface area contributed by atoms with Gasteiger partial charge in [0.25, 0.3) is 0 Å². The van der Waals surface area contributed by atoms with Crippen molar-refractivity contribution in [2.24, 2.45) is 0 Å². The molecule has 1 aliphatic carbocycles. The van der Waals surface area contributed by atoms with Crippen LogP contribution in [0.15, 0.2) is 97.2 Å². The zero-order chi connectivity index (χ0) is 21.8. The minimum Gasteiger partial charge on any atom is -0.292 e. The molecule has 0 spiro atoms. The van der Waals surface area contributed by atoms with Crippen molar-refractivity contribution in [2.45, 2.75) is 12.8 Å². The standard InChI is InChI=1S/C30H21N3/c1-2-8-20(9-3-1)21-13-15-23-24(18-21)25-19-22(26-10-6-7-17-31-26)14-16-28(25)33-29-12-5-4-11-27(29)32-30(23)33/h1-3,5-10,12-19H,4,11H2. The summed E-state index contributed by atoms with van der Waals surface area (Å²) in [5, 5.41) is 3.63. The normalized spacial score (nSPS) is 13.1. The molecule has 7 rings (SSSR count). The van der Waals surface area contributed by atoms with E-state index in [2.05, 4.69) is 94.3 Å². The number of rotatable bonds is 2. The Morgan fingerprint density at radius 1 is 0.697 bits per heavy atom. The largest absolute Gasteiger partial charge is 0.292 e. The Bertz CT molecular complexity index is 1690. The number of allylic oxidation sites excluding steroid dienone is 1. The summed E-state index contributed by atoms with van der Waals surface area (Å²) in [7, 11) is 0. The van der Waals surface area contributed by atoms with E-state index in [1.54, 1.807) is 0 Å². The third kappa shape index (κ3) is 2.82. The molecule has 3 aromatic heterocycles. The van der Waals surface area contributed by atoms with Gasteiger partial charge in [-0.25, -0.2) is 4.98 Å².